The smallest absolute Gasteiger partial charge is 0.190 e. The van der Waals surface area contributed by atoms with Gasteiger partial charge in [-0.15, -0.1) is 0 Å². The van der Waals surface area contributed by atoms with Crippen LogP contribution in [0.3, 0.4) is 0 Å². The third kappa shape index (κ3) is 4.72. The maximum absolute atomic E-state index is 6.09. The Hall–Kier alpha value is -1.56. The van der Waals surface area contributed by atoms with Crippen molar-refractivity contribution in [2.75, 3.05) is 43.9 Å². The fourth-order valence-corrected chi connectivity index (χ4v) is 3.30. The summed E-state index contributed by atoms with van der Waals surface area (Å²) >= 11 is 7.61. The molecule has 1 aromatic carbocycles. The van der Waals surface area contributed by atoms with Crippen LogP contribution in [0.5, 0.6) is 0 Å². The molecule has 0 bridgehead atoms. The number of aromatic nitrogens is 2. The quantitative estimate of drug-likeness (QED) is 0.461. The summed E-state index contributed by atoms with van der Waals surface area (Å²) in [6.07, 6.45) is 6.38. The highest BCUT2D eigenvalue weighted by Crippen LogP contribution is 2.21. The first-order valence-electron chi connectivity index (χ1n) is 8.02. The fourth-order valence-electron chi connectivity index (χ4n) is 2.70. The van der Waals surface area contributed by atoms with Gasteiger partial charge in [0.1, 0.15) is 11.0 Å². The number of piperazine rings is 1. The number of benzene rings is 1. The Morgan fingerprint density at radius 3 is 2.58 bits per heavy atom. The molecule has 1 saturated heterocycles. The minimum absolute atomic E-state index is 0.512. The molecule has 0 atom stereocenters. The van der Waals surface area contributed by atoms with Gasteiger partial charge in [0.15, 0.2) is 5.16 Å². The first-order chi connectivity index (χ1) is 11.7. The van der Waals surface area contributed by atoms with Crippen molar-refractivity contribution in [2.24, 2.45) is 0 Å². The summed E-state index contributed by atoms with van der Waals surface area (Å²) in [5, 5.41) is 1.24. The van der Waals surface area contributed by atoms with Crippen molar-refractivity contribution >= 4 is 35.3 Å². The number of nitrogens with zero attached hydrogens (tertiary/aromatic N) is 4. The summed E-state index contributed by atoms with van der Waals surface area (Å²) in [5.41, 5.74) is 1.25. The van der Waals surface area contributed by atoms with Crippen LogP contribution < -0.4 is 4.90 Å². The maximum Gasteiger partial charge on any atom is 0.190 e. The molecule has 3 rings (SSSR count). The molecule has 0 aliphatic carbocycles. The van der Waals surface area contributed by atoms with Crippen molar-refractivity contribution in [2.45, 2.75) is 5.16 Å². The van der Waals surface area contributed by atoms with Crippen LogP contribution >= 0.6 is 23.4 Å². The van der Waals surface area contributed by atoms with Gasteiger partial charge in [-0.2, -0.15) is 0 Å². The Bertz CT molecular complexity index is 685. The molecule has 1 aliphatic rings. The summed E-state index contributed by atoms with van der Waals surface area (Å²) in [7, 11) is 0. The van der Waals surface area contributed by atoms with Crippen molar-refractivity contribution in [3.8, 4) is 0 Å². The van der Waals surface area contributed by atoms with E-state index in [9.17, 15) is 0 Å². The topological polar surface area (TPSA) is 32.3 Å². The van der Waals surface area contributed by atoms with E-state index >= 15 is 0 Å². The Morgan fingerprint density at radius 1 is 1.12 bits per heavy atom. The molecule has 0 unspecified atom stereocenters. The maximum atomic E-state index is 6.09. The van der Waals surface area contributed by atoms with Gasteiger partial charge in [0.25, 0.3) is 0 Å². The van der Waals surface area contributed by atoms with E-state index in [0.717, 1.165) is 43.7 Å². The molecular weight excluding hydrogens is 340 g/mol. The van der Waals surface area contributed by atoms with E-state index in [1.54, 1.807) is 0 Å². The summed E-state index contributed by atoms with van der Waals surface area (Å²) in [4.78, 5) is 13.5. The normalized spacial score (nSPS) is 16.0. The first-order valence-corrected chi connectivity index (χ1v) is 9.62. The number of halogens is 1. The molecule has 126 valence electrons. The van der Waals surface area contributed by atoms with Gasteiger partial charge in [0.2, 0.25) is 0 Å². The molecule has 6 heteroatoms. The Morgan fingerprint density at radius 2 is 1.88 bits per heavy atom. The molecule has 1 fully saturated rings. The summed E-state index contributed by atoms with van der Waals surface area (Å²) in [5.74, 6) is 0.929. The predicted molar refractivity (Wildman–Crippen MR) is 103 cm³/mol. The molecule has 0 amide bonds. The molecule has 0 saturated carbocycles. The standard InChI is InChI=1S/C18H21ClN4S/c1-24-18-20-16(19)14-17(21-18)23-12-10-22(11-13-23)9-5-8-15-6-3-2-4-7-15/h2-8,14H,9-13H2,1H3/b8-5-. The Labute approximate surface area is 152 Å². The second-order valence-corrected chi connectivity index (χ2v) is 6.80. The van der Waals surface area contributed by atoms with Crippen molar-refractivity contribution < 1.29 is 0 Å². The fraction of sp³-hybridized carbons (Fsp3) is 0.333. The average Bonchev–Trinajstić information content (AvgIpc) is 2.62. The minimum Gasteiger partial charge on any atom is -0.354 e. The lowest BCUT2D eigenvalue weighted by molar-refractivity contribution is 0.283. The van der Waals surface area contributed by atoms with Crippen LogP contribution in [0, 0.1) is 0 Å². The van der Waals surface area contributed by atoms with Crippen LogP contribution in [0.2, 0.25) is 5.15 Å². The molecule has 24 heavy (non-hydrogen) atoms. The van der Waals surface area contributed by atoms with E-state index in [2.05, 4.69) is 56.2 Å². The van der Waals surface area contributed by atoms with Crippen LogP contribution in [0.1, 0.15) is 5.56 Å². The van der Waals surface area contributed by atoms with Crippen molar-refractivity contribution in [1.29, 1.82) is 0 Å². The zero-order valence-electron chi connectivity index (χ0n) is 13.7. The summed E-state index contributed by atoms with van der Waals surface area (Å²) < 4.78 is 0. The highest BCUT2D eigenvalue weighted by Gasteiger charge is 2.18. The number of rotatable bonds is 5. The van der Waals surface area contributed by atoms with Gasteiger partial charge >= 0.3 is 0 Å². The second kappa shape index (κ2) is 8.51. The van der Waals surface area contributed by atoms with E-state index in [-0.39, 0.29) is 0 Å². The van der Waals surface area contributed by atoms with Crippen LogP contribution in [0.4, 0.5) is 5.82 Å². The predicted octanol–water partition coefficient (Wildman–Crippen LogP) is 3.69. The number of thioether (sulfide) groups is 1. The molecule has 1 aromatic heterocycles. The first kappa shape index (κ1) is 17.3. The average molecular weight is 361 g/mol. The van der Waals surface area contributed by atoms with Crippen molar-refractivity contribution in [3.63, 3.8) is 0 Å². The Kier molecular flexibility index (Phi) is 6.12. The third-order valence-corrected chi connectivity index (χ3v) is 4.75. The van der Waals surface area contributed by atoms with Gasteiger partial charge in [0.05, 0.1) is 0 Å². The van der Waals surface area contributed by atoms with Crippen LogP contribution in [-0.4, -0.2) is 53.8 Å². The van der Waals surface area contributed by atoms with Gasteiger partial charge in [-0.1, -0.05) is 65.8 Å². The van der Waals surface area contributed by atoms with Crippen LogP contribution in [-0.2, 0) is 0 Å². The van der Waals surface area contributed by atoms with Gasteiger partial charge in [-0.25, -0.2) is 9.97 Å². The third-order valence-electron chi connectivity index (χ3n) is 4.01. The van der Waals surface area contributed by atoms with Gasteiger partial charge in [-0.05, 0) is 11.8 Å². The van der Waals surface area contributed by atoms with E-state index in [1.807, 2.05) is 18.4 Å². The van der Waals surface area contributed by atoms with E-state index in [1.165, 1.54) is 17.3 Å². The van der Waals surface area contributed by atoms with E-state index < -0.39 is 0 Å². The van der Waals surface area contributed by atoms with Crippen molar-refractivity contribution in [1.82, 2.24) is 14.9 Å². The largest absolute Gasteiger partial charge is 0.354 e. The van der Waals surface area contributed by atoms with Crippen LogP contribution in [0.15, 0.2) is 47.6 Å². The minimum atomic E-state index is 0.512. The summed E-state index contributed by atoms with van der Waals surface area (Å²) in [6.45, 7) is 4.94. The zero-order valence-corrected chi connectivity index (χ0v) is 15.3. The molecule has 1 aliphatic heterocycles. The molecule has 2 heterocycles. The zero-order chi connectivity index (χ0) is 16.8. The second-order valence-electron chi connectivity index (χ2n) is 5.64. The molecular formula is C18H21ClN4S. The summed E-state index contributed by atoms with van der Waals surface area (Å²) in [6, 6.07) is 12.3. The van der Waals surface area contributed by atoms with E-state index in [4.69, 9.17) is 11.6 Å². The van der Waals surface area contributed by atoms with Crippen LogP contribution in [0.25, 0.3) is 6.08 Å². The highest BCUT2D eigenvalue weighted by atomic mass is 35.5. The number of hydrogen-bond donors (Lipinski definition) is 0. The number of hydrogen-bond acceptors (Lipinski definition) is 5. The van der Waals surface area contributed by atoms with E-state index in [0.29, 0.717) is 5.15 Å². The van der Waals surface area contributed by atoms with Gasteiger partial charge in [0, 0.05) is 38.8 Å². The molecule has 2 aromatic rings. The lowest BCUT2D eigenvalue weighted by atomic mass is 10.2. The molecule has 0 spiro atoms. The number of anilines is 1. The lowest BCUT2D eigenvalue weighted by Gasteiger charge is -2.34. The van der Waals surface area contributed by atoms with Gasteiger partial charge in [-0.3, -0.25) is 4.90 Å². The van der Waals surface area contributed by atoms with Crippen molar-refractivity contribution in [3.05, 3.63) is 53.2 Å². The monoisotopic (exact) mass is 360 g/mol. The van der Waals surface area contributed by atoms with Gasteiger partial charge < -0.3 is 4.90 Å². The molecule has 0 radical (unpaired) electrons. The lowest BCUT2D eigenvalue weighted by Crippen LogP contribution is -2.46. The SMILES string of the molecule is CSc1nc(Cl)cc(N2CCN(C/C=C\c3ccccc3)CC2)n1. The molecule has 4 nitrogen and oxygen atoms in total. The Balaban J connectivity index is 1.52. The molecule has 0 N–H and O–H groups in total. The highest BCUT2D eigenvalue weighted by molar-refractivity contribution is 7.98.